The highest BCUT2D eigenvalue weighted by Crippen LogP contribution is 2.28. The molecule has 10 heteroatoms. The molecule has 0 fully saturated rings. The second kappa shape index (κ2) is 9.55. The standard InChI is InChI=1S/C21H17Cl2FN2O4S/c1-26(17-8-4-15(24)5-9-17)21(27)13-30-20-11-10-18(12-19(20)23)31(28,29)25-16-6-2-14(22)3-7-16/h2-12,25H,13H2,1H3. The zero-order valence-corrected chi connectivity index (χ0v) is 18.5. The van der Waals surface area contributed by atoms with Crippen molar-refractivity contribution in [2.75, 3.05) is 23.3 Å². The number of sulfonamides is 1. The molecule has 0 aliphatic heterocycles. The maximum absolute atomic E-state index is 13.0. The summed E-state index contributed by atoms with van der Waals surface area (Å²) in [6.45, 7) is -0.345. The van der Waals surface area contributed by atoms with Crippen LogP contribution in [0.2, 0.25) is 10.0 Å². The lowest BCUT2D eigenvalue weighted by Gasteiger charge is -2.18. The van der Waals surface area contributed by atoms with Gasteiger partial charge in [-0.25, -0.2) is 12.8 Å². The van der Waals surface area contributed by atoms with Crippen LogP contribution in [0.4, 0.5) is 15.8 Å². The first-order valence-corrected chi connectivity index (χ1v) is 11.1. The first kappa shape index (κ1) is 22.9. The Labute approximate surface area is 189 Å². The van der Waals surface area contributed by atoms with E-state index < -0.39 is 21.7 Å². The first-order chi connectivity index (χ1) is 14.7. The summed E-state index contributed by atoms with van der Waals surface area (Å²) >= 11 is 12.0. The number of carbonyl (C=O) groups is 1. The molecular formula is C21H17Cl2FN2O4S. The summed E-state index contributed by atoms with van der Waals surface area (Å²) in [4.78, 5) is 13.5. The minimum Gasteiger partial charge on any atom is -0.482 e. The molecule has 3 aromatic carbocycles. The van der Waals surface area contributed by atoms with E-state index in [9.17, 15) is 17.6 Å². The van der Waals surface area contributed by atoms with Gasteiger partial charge in [-0.2, -0.15) is 0 Å². The van der Waals surface area contributed by atoms with Crippen LogP contribution in [0.25, 0.3) is 0 Å². The van der Waals surface area contributed by atoms with Crippen molar-refractivity contribution in [1.82, 2.24) is 0 Å². The molecule has 0 spiro atoms. The van der Waals surface area contributed by atoms with Gasteiger partial charge in [0, 0.05) is 23.4 Å². The molecule has 0 unspecified atom stereocenters. The summed E-state index contributed by atoms with van der Waals surface area (Å²) in [5, 5.41) is 0.503. The predicted molar refractivity (Wildman–Crippen MR) is 119 cm³/mol. The number of likely N-dealkylation sites (N-methyl/N-ethyl adjacent to an activating group) is 1. The first-order valence-electron chi connectivity index (χ1n) is 8.88. The lowest BCUT2D eigenvalue weighted by molar-refractivity contribution is -0.120. The van der Waals surface area contributed by atoms with Crippen LogP contribution < -0.4 is 14.4 Å². The zero-order valence-electron chi connectivity index (χ0n) is 16.2. The molecular weight excluding hydrogens is 466 g/mol. The van der Waals surface area contributed by atoms with Gasteiger partial charge in [-0.15, -0.1) is 0 Å². The Morgan fingerprint density at radius 3 is 2.29 bits per heavy atom. The highest BCUT2D eigenvalue weighted by Gasteiger charge is 2.18. The fourth-order valence-corrected chi connectivity index (χ4v) is 4.05. The summed E-state index contributed by atoms with van der Waals surface area (Å²) in [6.07, 6.45) is 0. The highest BCUT2D eigenvalue weighted by atomic mass is 35.5. The molecule has 0 bridgehead atoms. The molecule has 0 aliphatic carbocycles. The van der Waals surface area contributed by atoms with Gasteiger partial charge in [0.15, 0.2) is 6.61 Å². The molecule has 6 nitrogen and oxygen atoms in total. The van der Waals surface area contributed by atoms with Crippen LogP contribution in [0, 0.1) is 5.82 Å². The molecule has 31 heavy (non-hydrogen) atoms. The number of ether oxygens (including phenoxy) is 1. The Bertz CT molecular complexity index is 1190. The molecule has 0 heterocycles. The molecule has 0 radical (unpaired) electrons. The number of hydrogen-bond acceptors (Lipinski definition) is 4. The SMILES string of the molecule is CN(C(=O)COc1ccc(S(=O)(=O)Nc2ccc(Cl)cc2)cc1Cl)c1ccc(F)cc1. The minimum absolute atomic E-state index is 0.0243. The lowest BCUT2D eigenvalue weighted by Crippen LogP contribution is -2.31. The van der Waals surface area contributed by atoms with E-state index in [0.717, 1.165) is 0 Å². The normalized spacial score (nSPS) is 11.1. The number of nitrogens with zero attached hydrogens (tertiary/aromatic N) is 1. The van der Waals surface area contributed by atoms with Crippen molar-refractivity contribution in [2.45, 2.75) is 4.90 Å². The van der Waals surface area contributed by atoms with Crippen LogP contribution in [0.5, 0.6) is 5.75 Å². The molecule has 0 aromatic heterocycles. The number of halogens is 3. The highest BCUT2D eigenvalue weighted by molar-refractivity contribution is 7.92. The van der Waals surface area contributed by atoms with Gasteiger partial charge in [0.25, 0.3) is 15.9 Å². The molecule has 0 aliphatic rings. The van der Waals surface area contributed by atoms with Gasteiger partial charge in [-0.05, 0) is 66.7 Å². The van der Waals surface area contributed by atoms with Crippen LogP contribution >= 0.6 is 23.2 Å². The van der Waals surface area contributed by atoms with Crippen molar-refractivity contribution in [3.63, 3.8) is 0 Å². The number of anilines is 2. The Balaban J connectivity index is 1.66. The van der Waals surface area contributed by atoms with Gasteiger partial charge < -0.3 is 9.64 Å². The van der Waals surface area contributed by atoms with Gasteiger partial charge in [-0.1, -0.05) is 23.2 Å². The second-order valence-electron chi connectivity index (χ2n) is 6.42. The second-order valence-corrected chi connectivity index (χ2v) is 8.95. The van der Waals surface area contributed by atoms with E-state index in [2.05, 4.69) is 4.72 Å². The van der Waals surface area contributed by atoms with E-state index in [0.29, 0.717) is 16.4 Å². The maximum Gasteiger partial charge on any atom is 0.264 e. The topological polar surface area (TPSA) is 75.7 Å². The summed E-state index contributed by atoms with van der Waals surface area (Å²) in [5.74, 6) is -0.662. The van der Waals surface area contributed by atoms with Gasteiger partial charge in [-0.3, -0.25) is 9.52 Å². The number of rotatable bonds is 7. The number of benzene rings is 3. The fraction of sp³-hybridized carbons (Fsp3) is 0.0952. The van der Waals surface area contributed by atoms with Crippen molar-refractivity contribution in [2.24, 2.45) is 0 Å². The van der Waals surface area contributed by atoms with Crippen molar-refractivity contribution in [3.8, 4) is 5.75 Å². The third kappa shape index (κ3) is 5.88. The van der Waals surface area contributed by atoms with Crippen molar-refractivity contribution < 1.29 is 22.3 Å². The molecule has 0 saturated heterocycles. The summed E-state index contributed by atoms with van der Waals surface area (Å²) in [5.41, 5.74) is 0.839. The van der Waals surface area contributed by atoms with E-state index in [-0.39, 0.29) is 22.3 Å². The summed E-state index contributed by atoms with van der Waals surface area (Å²) in [7, 11) is -2.36. The molecule has 162 valence electrons. The Hall–Kier alpha value is -2.81. The third-order valence-corrected chi connectivity index (χ3v) is 6.18. The molecule has 0 atom stereocenters. The Morgan fingerprint density at radius 2 is 1.68 bits per heavy atom. The number of nitrogens with one attached hydrogen (secondary N) is 1. The molecule has 3 aromatic rings. The van der Waals surface area contributed by atoms with E-state index in [1.54, 1.807) is 12.1 Å². The van der Waals surface area contributed by atoms with Crippen molar-refractivity contribution in [1.29, 1.82) is 0 Å². The molecule has 0 saturated carbocycles. The van der Waals surface area contributed by atoms with E-state index in [1.165, 1.54) is 66.5 Å². The van der Waals surface area contributed by atoms with Crippen molar-refractivity contribution in [3.05, 3.63) is 82.6 Å². The Kier molecular flexibility index (Phi) is 7.04. The van der Waals surface area contributed by atoms with E-state index in [1.807, 2.05) is 0 Å². The smallest absolute Gasteiger partial charge is 0.264 e. The fourth-order valence-electron chi connectivity index (χ4n) is 2.54. The quantitative estimate of drug-likeness (QED) is 0.515. The van der Waals surface area contributed by atoms with Crippen LogP contribution in [0.3, 0.4) is 0 Å². The largest absolute Gasteiger partial charge is 0.482 e. The predicted octanol–water partition coefficient (Wildman–Crippen LogP) is 4.98. The van der Waals surface area contributed by atoms with Gasteiger partial charge in [0.05, 0.1) is 9.92 Å². The number of carbonyl (C=O) groups excluding carboxylic acids is 1. The van der Waals surface area contributed by atoms with E-state index in [4.69, 9.17) is 27.9 Å². The maximum atomic E-state index is 13.0. The average Bonchev–Trinajstić information content (AvgIpc) is 2.74. The minimum atomic E-state index is -3.89. The van der Waals surface area contributed by atoms with Crippen LogP contribution in [-0.4, -0.2) is 28.0 Å². The summed E-state index contributed by atoms with van der Waals surface area (Å²) in [6, 6.07) is 15.5. The average molecular weight is 483 g/mol. The van der Waals surface area contributed by atoms with Crippen LogP contribution in [-0.2, 0) is 14.8 Å². The lowest BCUT2D eigenvalue weighted by atomic mass is 10.3. The number of amides is 1. The summed E-state index contributed by atoms with van der Waals surface area (Å²) < 4.78 is 46.0. The monoisotopic (exact) mass is 482 g/mol. The van der Waals surface area contributed by atoms with Gasteiger partial charge in [0.2, 0.25) is 0 Å². The van der Waals surface area contributed by atoms with Crippen LogP contribution in [0.1, 0.15) is 0 Å². The Morgan fingerprint density at radius 1 is 1.03 bits per heavy atom. The van der Waals surface area contributed by atoms with E-state index >= 15 is 0 Å². The van der Waals surface area contributed by atoms with Crippen LogP contribution in [0.15, 0.2) is 71.6 Å². The molecule has 3 rings (SSSR count). The third-order valence-electron chi connectivity index (χ3n) is 4.25. The van der Waals surface area contributed by atoms with Crippen molar-refractivity contribution >= 4 is 50.5 Å². The van der Waals surface area contributed by atoms with Gasteiger partial charge in [0.1, 0.15) is 11.6 Å². The zero-order chi connectivity index (χ0) is 22.6. The molecule has 1 N–H and O–H groups in total. The molecule has 1 amide bonds. The number of hydrogen-bond donors (Lipinski definition) is 1. The van der Waals surface area contributed by atoms with Gasteiger partial charge >= 0.3 is 0 Å².